The molecule has 0 saturated heterocycles. The Bertz CT molecular complexity index is 436. The summed E-state index contributed by atoms with van der Waals surface area (Å²) in [5.74, 6) is 0. The second kappa shape index (κ2) is 5.57. The van der Waals surface area contributed by atoms with Gasteiger partial charge in [-0.3, -0.25) is 4.31 Å². The molecule has 0 aliphatic carbocycles. The average Bonchev–Trinajstić information content (AvgIpc) is 1.95. The Kier molecular flexibility index (Phi) is 5.78. The third-order valence-corrected chi connectivity index (χ3v) is 10.6. The molecule has 0 radical (unpaired) electrons. The van der Waals surface area contributed by atoms with Crippen molar-refractivity contribution in [2.24, 2.45) is 0 Å². The minimum absolute atomic E-state index is 0.303. The molecule has 0 fully saturated rings. The van der Waals surface area contributed by atoms with Crippen molar-refractivity contribution in [2.75, 3.05) is 0 Å². The van der Waals surface area contributed by atoms with Gasteiger partial charge in [0.2, 0.25) is 7.57 Å². The summed E-state index contributed by atoms with van der Waals surface area (Å²) in [6.45, 7) is 6.36. The second-order valence-electron chi connectivity index (χ2n) is 4.80. The molecule has 2 unspecified atom stereocenters. The van der Waals surface area contributed by atoms with Gasteiger partial charge >= 0.3 is 0 Å². The zero-order chi connectivity index (χ0) is 15.0. The molecule has 4 N–H and O–H groups in total. The summed E-state index contributed by atoms with van der Waals surface area (Å²) in [5, 5.41) is 0. The average molecular weight is 320 g/mol. The van der Waals surface area contributed by atoms with Crippen LogP contribution in [0.2, 0.25) is 0 Å². The summed E-state index contributed by atoms with van der Waals surface area (Å²) in [4.78, 5) is 37.6. The highest BCUT2D eigenvalue weighted by molar-refractivity contribution is 7.85. The predicted molar refractivity (Wildman–Crippen MR) is 82.4 cm³/mol. The number of rotatable bonds is 6. The van der Waals surface area contributed by atoms with Crippen LogP contribution in [0.25, 0.3) is 0 Å². The van der Waals surface area contributed by atoms with Crippen LogP contribution in [0.15, 0.2) is 0 Å². The van der Waals surface area contributed by atoms with Crippen LogP contribution >= 0.6 is 22.2 Å². The molecule has 9 heteroatoms. The molecule has 0 aliphatic heterocycles. The van der Waals surface area contributed by atoms with Crippen molar-refractivity contribution in [2.45, 2.75) is 38.7 Å². The van der Waals surface area contributed by atoms with Crippen molar-refractivity contribution < 1.29 is 28.4 Å². The summed E-state index contributed by atoms with van der Waals surface area (Å²) in [6.07, 6.45) is 9.77. The number of hydrogen-bond donors (Lipinski definition) is 4. The second-order valence-corrected chi connectivity index (χ2v) is 12.4. The van der Waals surface area contributed by atoms with Gasteiger partial charge < -0.3 is 24.1 Å². The predicted octanol–water partition coefficient (Wildman–Crippen LogP) is 1.89. The molecule has 110 valence electrons. The highest BCUT2D eigenvalue weighted by Gasteiger charge is 2.46. The zero-order valence-corrected chi connectivity index (χ0v) is 13.8. The van der Waals surface area contributed by atoms with Crippen molar-refractivity contribution >= 4 is 41.1 Å². The molecule has 0 aromatic rings. The van der Waals surface area contributed by atoms with Crippen molar-refractivity contribution in [3.63, 3.8) is 0 Å². The largest absolute Gasteiger partial charge is 0.353 e. The molecule has 0 spiro atoms. The molecule has 6 nitrogen and oxygen atoms in total. The highest BCUT2D eigenvalue weighted by atomic mass is 31.3. The van der Waals surface area contributed by atoms with Gasteiger partial charge in [0, 0.05) is 0 Å². The first-order chi connectivity index (χ1) is 7.62. The molecule has 0 saturated carbocycles. The monoisotopic (exact) mass is 320 g/mol. The molecule has 2 atom stereocenters. The van der Waals surface area contributed by atoms with Gasteiger partial charge in [0.25, 0.3) is 0 Å². The smallest absolute Gasteiger partial charge is 0.250 e. The Labute approximate surface area is 109 Å². The lowest BCUT2D eigenvalue weighted by atomic mass is 10.5. The molecule has 0 aromatic heterocycles. The SMILES string of the molecule is C=P(O)(O)OP(=C)(O)C(C)(C)P(=C)(O)OC(C)C. The molecule has 0 aromatic carbocycles. The van der Waals surface area contributed by atoms with Gasteiger partial charge in [0.1, 0.15) is 14.7 Å². The van der Waals surface area contributed by atoms with Gasteiger partial charge in [-0.2, -0.15) is 0 Å². The van der Waals surface area contributed by atoms with E-state index >= 15 is 0 Å². The van der Waals surface area contributed by atoms with Crippen molar-refractivity contribution in [3.05, 3.63) is 0 Å². The lowest BCUT2D eigenvalue weighted by molar-refractivity contribution is 0.229. The third kappa shape index (κ3) is 4.64. The normalized spacial score (nSPS) is 20.5. The first kappa shape index (κ1) is 18.7. The molecule has 0 heterocycles. The van der Waals surface area contributed by atoms with Gasteiger partial charge in [-0.15, -0.1) is 0 Å². The summed E-state index contributed by atoms with van der Waals surface area (Å²) >= 11 is 0. The van der Waals surface area contributed by atoms with E-state index in [1.54, 1.807) is 13.8 Å². The van der Waals surface area contributed by atoms with E-state index in [2.05, 4.69) is 18.9 Å². The fourth-order valence-corrected chi connectivity index (χ4v) is 6.95. The van der Waals surface area contributed by atoms with Crippen LogP contribution in [0.4, 0.5) is 0 Å². The summed E-state index contributed by atoms with van der Waals surface area (Å²) in [5.41, 5.74) is 0. The first-order valence-electron chi connectivity index (χ1n) is 5.13. The molecular weight excluding hydrogens is 297 g/mol. The van der Waals surface area contributed by atoms with Crippen LogP contribution < -0.4 is 0 Å². The fraction of sp³-hybridized carbons (Fsp3) is 0.667. The van der Waals surface area contributed by atoms with Crippen LogP contribution in [0.5, 0.6) is 0 Å². The maximum Gasteiger partial charge on any atom is 0.250 e. The van der Waals surface area contributed by atoms with E-state index in [1.165, 1.54) is 13.8 Å². The fourth-order valence-electron chi connectivity index (χ4n) is 1.04. The van der Waals surface area contributed by atoms with E-state index in [0.29, 0.717) is 0 Å². The maximum atomic E-state index is 10.3. The van der Waals surface area contributed by atoms with Gasteiger partial charge in [-0.1, -0.05) is 12.6 Å². The molecular formula is C9H23O6P3. The van der Waals surface area contributed by atoms with E-state index < -0.39 is 27.1 Å². The van der Waals surface area contributed by atoms with E-state index in [1.807, 2.05) is 0 Å². The Hall–Kier alpha value is 0.660. The van der Waals surface area contributed by atoms with Gasteiger partial charge in [0.15, 0.2) is 0 Å². The van der Waals surface area contributed by atoms with E-state index in [-0.39, 0.29) is 6.10 Å². The van der Waals surface area contributed by atoms with Gasteiger partial charge in [-0.05, 0) is 34.0 Å². The summed E-state index contributed by atoms with van der Waals surface area (Å²) < 4.78 is 10.1. The molecule has 0 aliphatic rings. The van der Waals surface area contributed by atoms with Gasteiger partial charge in [-0.25, -0.2) is 0 Å². The Morgan fingerprint density at radius 1 is 0.944 bits per heavy atom. The molecule has 0 bridgehead atoms. The van der Waals surface area contributed by atoms with Crippen molar-refractivity contribution in [1.29, 1.82) is 0 Å². The Balaban J connectivity index is 5.43. The van der Waals surface area contributed by atoms with Crippen LogP contribution in [0.1, 0.15) is 27.7 Å². The Morgan fingerprint density at radius 2 is 1.33 bits per heavy atom. The Morgan fingerprint density at radius 3 is 1.61 bits per heavy atom. The third-order valence-electron chi connectivity index (χ3n) is 2.36. The van der Waals surface area contributed by atoms with E-state index in [9.17, 15) is 19.6 Å². The van der Waals surface area contributed by atoms with E-state index in [0.717, 1.165) is 0 Å². The minimum atomic E-state index is -3.93. The van der Waals surface area contributed by atoms with Crippen LogP contribution in [-0.2, 0) is 8.83 Å². The van der Waals surface area contributed by atoms with Crippen molar-refractivity contribution in [3.8, 4) is 0 Å². The molecule has 0 rings (SSSR count). The first-order valence-corrected chi connectivity index (χ1v) is 10.6. The topological polar surface area (TPSA) is 99.4 Å². The van der Waals surface area contributed by atoms with Crippen molar-refractivity contribution in [1.82, 2.24) is 0 Å². The standard InChI is InChI=1S/C9H23O6P3/c1-8(2)14-16(5,10)9(3,4)17(6,11)15-18(7,12)13/h8,10-13H,5-7H2,1-4H3. The van der Waals surface area contributed by atoms with Gasteiger partial charge in [0.05, 0.1) is 11.0 Å². The molecule has 0 amide bonds. The minimum Gasteiger partial charge on any atom is -0.353 e. The van der Waals surface area contributed by atoms with E-state index in [4.69, 9.17) is 8.83 Å². The highest BCUT2D eigenvalue weighted by Crippen LogP contribution is 2.76. The number of hydrogen-bond acceptors (Lipinski definition) is 6. The van der Waals surface area contributed by atoms with Crippen LogP contribution in [0, 0.1) is 0 Å². The van der Waals surface area contributed by atoms with Crippen LogP contribution in [-0.4, -0.2) is 49.5 Å². The zero-order valence-electron chi connectivity index (χ0n) is 11.1. The summed E-state index contributed by atoms with van der Waals surface area (Å²) in [6, 6.07) is 0. The molecule has 18 heavy (non-hydrogen) atoms. The maximum absolute atomic E-state index is 10.3. The lowest BCUT2D eigenvalue weighted by Crippen LogP contribution is -2.24. The quantitative estimate of drug-likeness (QED) is 0.558. The lowest BCUT2D eigenvalue weighted by Gasteiger charge is -2.42. The van der Waals surface area contributed by atoms with Crippen LogP contribution in [0.3, 0.4) is 0 Å². The summed E-state index contributed by atoms with van der Waals surface area (Å²) in [7, 11) is -10.8.